The Hall–Kier alpha value is -0.870. The summed E-state index contributed by atoms with van der Waals surface area (Å²) in [7, 11) is 4.21. The molecular weight excluding hydrogens is 224 g/mol. The molecule has 0 spiro atoms. The molecule has 4 nitrogen and oxygen atoms in total. The average molecular weight is 252 g/mol. The van der Waals surface area contributed by atoms with Gasteiger partial charge in [0.25, 0.3) is 0 Å². The molecule has 0 saturated carbocycles. The molecule has 2 atom stereocenters. The molecular formula is C14H28N4. The molecule has 0 aliphatic heterocycles. The minimum Gasteiger partial charge on any atom is -0.326 e. The molecule has 0 aromatic carbocycles. The zero-order chi connectivity index (χ0) is 13.9. The van der Waals surface area contributed by atoms with Gasteiger partial charge in [-0.15, -0.1) is 0 Å². The number of likely N-dealkylation sites (N-methyl/N-ethyl adjacent to an activating group) is 1. The van der Waals surface area contributed by atoms with E-state index in [1.807, 2.05) is 6.92 Å². The molecule has 0 saturated heterocycles. The van der Waals surface area contributed by atoms with Gasteiger partial charge in [-0.25, -0.2) is 0 Å². The highest BCUT2D eigenvalue weighted by molar-refractivity contribution is 5.12. The maximum Gasteiger partial charge on any atom is 0.0596 e. The summed E-state index contributed by atoms with van der Waals surface area (Å²) in [6, 6.07) is 2.26. The molecule has 4 heteroatoms. The van der Waals surface area contributed by atoms with Crippen molar-refractivity contribution >= 4 is 0 Å². The van der Waals surface area contributed by atoms with Crippen molar-refractivity contribution in [1.82, 2.24) is 14.7 Å². The summed E-state index contributed by atoms with van der Waals surface area (Å²) in [5.41, 5.74) is 8.78. The largest absolute Gasteiger partial charge is 0.326 e. The van der Waals surface area contributed by atoms with Gasteiger partial charge in [0.05, 0.1) is 5.69 Å². The minimum absolute atomic E-state index is 0.0245. The van der Waals surface area contributed by atoms with Crippen molar-refractivity contribution in [3.8, 4) is 0 Å². The van der Waals surface area contributed by atoms with Crippen LogP contribution in [0.2, 0.25) is 0 Å². The minimum atomic E-state index is 0.0245. The predicted molar refractivity (Wildman–Crippen MR) is 76.7 cm³/mol. The van der Waals surface area contributed by atoms with Gasteiger partial charge in [-0.1, -0.05) is 6.92 Å². The van der Waals surface area contributed by atoms with Crippen LogP contribution in [0.5, 0.6) is 0 Å². The summed E-state index contributed by atoms with van der Waals surface area (Å²) in [6.07, 6.45) is 1.91. The van der Waals surface area contributed by atoms with Crippen LogP contribution in [0.1, 0.15) is 38.6 Å². The molecule has 2 unspecified atom stereocenters. The van der Waals surface area contributed by atoms with E-state index in [2.05, 4.69) is 55.6 Å². The van der Waals surface area contributed by atoms with E-state index in [-0.39, 0.29) is 11.6 Å². The highest BCUT2D eigenvalue weighted by Crippen LogP contribution is 2.22. The number of hydrogen-bond acceptors (Lipinski definition) is 3. The maximum atomic E-state index is 6.45. The molecule has 0 amide bonds. The zero-order valence-electron chi connectivity index (χ0n) is 12.7. The smallest absolute Gasteiger partial charge is 0.0596 e. The first-order valence-electron chi connectivity index (χ1n) is 6.81. The van der Waals surface area contributed by atoms with Crippen LogP contribution in [-0.2, 0) is 13.0 Å². The predicted octanol–water partition coefficient (Wildman–Crippen LogP) is 1.81. The third kappa shape index (κ3) is 2.93. The van der Waals surface area contributed by atoms with Crippen LogP contribution < -0.4 is 5.73 Å². The van der Waals surface area contributed by atoms with Crippen molar-refractivity contribution < 1.29 is 0 Å². The lowest BCUT2D eigenvalue weighted by atomic mass is 9.86. The number of hydrogen-bond donors (Lipinski definition) is 1. The van der Waals surface area contributed by atoms with Gasteiger partial charge in [-0.05, 0) is 47.4 Å². The first kappa shape index (κ1) is 15.2. The van der Waals surface area contributed by atoms with Crippen LogP contribution in [0.25, 0.3) is 0 Å². The van der Waals surface area contributed by atoms with Crippen molar-refractivity contribution in [1.29, 1.82) is 0 Å². The highest BCUT2D eigenvalue weighted by Gasteiger charge is 2.32. The molecule has 1 aromatic rings. The molecule has 18 heavy (non-hydrogen) atoms. The standard InChI is InChI=1S/C14H28N4/c1-7-14(4,17(5)6)13(15)10-12-9-11(3)16-18(12)8-2/h9,13H,7-8,10,15H2,1-6H3. The van der Waals surface area contributed by atoms with Crippen LogP contribution in [0.4, 0.5) is 0 Å². The van der Waals surface area contributed by atoms with Gasteiger partial charge < -0.3 is 10.6 Å². The lowest BCUT2D eigenvalue weighted by Crippen LogP contribution is -2.56. The Bertz CT molecular complexity index is 383. The van der Waals surface area contributed by atoms with Gasteiger partial charge in [-0.3, -0.25) is 4.68 Å². The van der Waals surface area contributed by atoms with Crippen LogP contribution in [-0.4, -0.2) is 40.4 Å². The number of nitrogens with two attached hydrogens (primary N) is 1. The fourth-order valence-corrected chi connectivity index (χ4v) is 2.39. The molecule has 1 rings (SSSR count). The summed E-state index contributed by atoms with van der Waals surface area (Å²) in [4.78, 5) is 2.23. The third-order valence-electron chi connectivity index (χ3n) is 4.25. The number of aromatic nitrogens is 2. The van der Waals surface area contributed by atoms with E-state index in [1.54, 1.807) is 0 Å². The normalized spacial score (nSPS) is 16.9. The van der Waals surface area contributed by atoms with Gasteiger partial charge >= 0.3 is 0 Å². The average Bonchev–Trinajstić information content (AvgIpc) is 2.67. The second-order valence-electron chi connectivity index (χ2n) is 5.51. The van der Waals surface area contributed by atoms with Crippen LogP contribution >= 0.6 is 0 Å². The molecule has 104 valence electrons. The van der Waals surface area contributed by atoms with Crippen LogP contribution in [0, 0.1) is 6.92 Å². The molecule has 0 aliphatic carbocycles. The number of aryl methyl sites for hydroxylation is 2. The summed E-state index contributed by atoms with van der Waals surface area (Å²) < 4.78 is 2.06. The highest BCUT2D eigenvalue weighted by atomic mass is 15.3. The summed E-state index contributed by atoms with van der Waals surface area (Å²) >= 11 is 0. The topological polar surface area (TPSA) is 47.1 Å². The van der Waals surface area contributed by atoms with Gasteiger partial charge in [0.15, 0.2) is 0 Å². The summed E-state index contributed by atoms with van der Waals surface area (Å²) in [6.45, 7) is 9.48. The molecule has 0 bridgehead atoms. The second-order valence-corrected chi connectivity index (χ2v) is 5.51. The number of rotatable bonds is 6. The van der Waals surface area contributed by atoms with Gasteiger partial charge in [0.2, 0.25) is 0 Å². The lowest BCUT2D eigenvalue weighted by Gasteiger charge is -2.41. The Kier molecular flexibility index (Phi) is 4.93. The fraction of sp³-hybridized carbons (Fsp3) is 0.786. The van der Waals surface area contributed by atoms with E-state index in [1.165, 1.54) is 5.69 Å². The van der Waals surface area contributed by atoms with Crippen LogP contribution in [0.15, 0.2) is 6.07 Å². The maximum absolute atomic E-state index is 6.45. The van der Waals surface area contributed by atoms with Gasteiger partial charge in [-0.2, -0.15) is 5.10 Å². The first-order valence-corrected chi connectivity index (χ1v) is 6.81. The van der Waals surface area contributed by atoms with Crippen LogP contribution in [0.3, 0.4) is 0 Å². The molecule has 2 N–H and O–H groups in total. The fourth-order valence-electron chi connectivity index (χ4n) is 2.39. The first-order chi connectivity index (χ1) is 8.35. The van der Waals surface area contributed by atoms with Crippen molar-refractivity contribution in [3.05, 3.63) is 17.5 Å². The second kappa shape index (κ2) is 5.85. The lowest BCUT2D eigenvalue weighted by molar-refractivity contribution is 0.130. The number of nitrogens with zero attached hydrogens (tertiary/aromatic N) is 3. The van der Waals surface area contributed by atoms with Crippen molar-refractivity contribution in [2.75, 3.05) is 14.1 Å². The van der Waals surface area contributed by atoms with E-state index in [9.17, 15) is 0 Å². The third-order valence-corrected chi connectivity index (χ3v) is 4.25. The van der Waals surface area contributed by atoms with E-state index >= 15 is 0 Å². The van der Waals surface area contributed by atoms with E-state index < -0.39 is 0 Å². The molecule has 1 heterocycles. The van der Waals surface area contributed by atoms with Crippen molar-refractivity contribution in [2.24, 2.45) is 5.73 Å². The molecule has 0 fully saturated rings. The summed E-state index contributed by atoms with van der Waals surface area (Å²) in [5, 5.41) is 4.48. The van der Waals surface area contributed by atoms with E-state index in [0.29, 0.717) is 0 Å². The van der Waals surface area contributed by atoms with Crippen molar-refractivity contribution in [2.45, 2.75) is 58.7 Å². The summed E-state index contributed by atoms with van der Waals surface area (Å²) in [5.74, 6) is 0. The van der Waals surface area contributed by atoms with Crippen molar-refractivity contribution in [3.63, 3.8) is 0 Å². The van der Waals surface area contributed by atoms with E-state index in [0.717, 1.165) is 25.1 Å². The Labute approximate surface area is 111 Å². The Morgan fingerprint density at radius 1 is 1.44 bits per heavy atom. The monoisotopic (exact) mass is 252 g/mol. The Balaban J connectivity index is 2.89. The van der Waals surface area contributed by atoms with Gasteiger partial charge in [0.1, 0.15) is 0 Å². The Morgan fingerprint density at radius 2 is 2.06 bits per heavy atom. The SMILES string of the molecule is CCn1nc(C)cc1CC(N)C(C)(CC)N(C)C. The molecule has 0 radical (unpaired) electrons. The molecule has 1 aromatic heterocycles. The zero-order valence-corrected chi connectivity index (χ0v) is 12.7. The Morgan fingerprint density at radius 3 is 2.50 bits per heavy atom. The van der Waals surface area contributed by atoms with E-state index in [4.69, 9.17) is 5.73 Å². The van der Waals surface area contributed by atoms with Gasteiger partial charge in [0, 0.05) is 30.2 Å². The quantitative estimate of drug-likeness (QED) is 0.840. The molecule has 0 aliphatic rings.